The van der Waals surface area contributed by atoms with Gasteiger partial charge >= 0.3 is 0 Å². The third-order valence-corrected chi connectivity index (χ3v) is 19.5. The van der Waals surface area contributed by atoms with E-state index < -0.39 is 0 Å². The van der Waals surface area contributed by atoms with Gasteiger partial charge in [0.2, 0.25) is 0 Å². The van der Waals surface area contributed by atoms with Crippen molar-refractivity contribution in [1.29, 1.82) is 0 Å². The highest BCUT2D eigenvalue weighted by atomic mass is 127. The molecule has 0 amide bonds. The number of hydrogen-bond donors (Lipinski definition) is 0. The van der Waals surface area contributed by atoms with E-state index in [-0.39, 0.29) is 8.40 Å². The first-order valence-corrected chi connectivity index (χ1v) is 10.5. The number of rotatable bonds is 3. The average molecular weight is 877 g/mol. The predicted octanol–water partition coefficient (Wildman–Crippen LogP) is 6.35. The summed E-state index contributed by atoms with van der Waals surface area (Å²) in [6.07, 6.45) is 0. The number of alkyl halides is 8. The summed E-state index contributed by atoms with van der Waals surface area (Å²) in [4.78, 5) is 0. The summed E-state index contributed by atoms with van der Waals surface area (Å²) in [5.74, 6) is 0. The van der Waals surface area contributed by atoms with Crippen molar-refractivity contribution in [1.82, 2.24) is 0 Å². The second-order valence-corrected chi connectivity index (χ2v) is 18.8. The zero-order chi connectivity index (χ0) is 10.2. The summed E-state index contributed by atoms with van der Waals surface area (Å²) >= 11 is 24.1. The van der Waals surface area contributed by atoms with Crippen LogP contribution in [0.5, 0.6) is 0 Å². The van der Waals surface area contributed by atoms with E-state index in [1.807, 2.05) is 0 Å². The van der Waals surface area contributed by atoms with Gasteiger partial charge in [-0.2, -0.15) is 0 Å². The van der Waals surface area contributed by atoms with Gasteiger partial charge in [0.25, 0.3) is 0 Å². The van der Waals surface area contributed by atoms with Gasteiger partial charge in [0.1, 0.15) is 4.66 Å². The Kier molecular flexibility index (Phi) is 9.38. The van der Waals surface area contributed by atoms with Gasteiger partial charge in [0.15, 0.2) is 0 Å². The van der Waals surface area contributed by atoms with E-state index in [1.165, 1.54) is 0 Å². The minimum absolute atomic E-state index is 0.0707. The van der Waals surface area contributed by atoms with Crippen LogP contribution in [0.15, 0.2) is 0 Å². The molecule has 0 heterocycles. The Hall–Kier alpha value is 4.84. The lowest BCUT2D eigenvalue weighted by molar-refractivity contribution is 0.911. The van der Waals surface area contributed by atoms with Gasteiger partial charge in [-0.15, -0.1) is 0 Å². The Morgan fingerprint density at radius 2 is 1.33 bits per heavy atom. The second-order valence-electron chi connectivity index (χ2n) is 1.85. The molecule has 0 atom stereocenters. The number of halogens is 8. The minimum Gasteiger partial charge on any atom is -0.0739 e. The van der Waals surface area contributed by atoms with Crippen LogP contribution in [-0.2, 0) is 0 Å². The molecule has 8 heteroatoms. The summed E-state index contributed by atoms with van der Waals surface area (Å²) < 4.78 is 0.589. The lowest BCUT2D eigenvalue weighted by Gasteiger charge is -2.37. The lowest BCUT2D eigenvalue weighted by atomic mass is 10.4. The van der Waals surface area contributed by atoms with Crippen molar-refractivity contribution in [2.24, 2.45) is 0 Å². The Balaban J connectivity index is 4.75. The topological polar surface area (TPSA) is 0 Å². The molecule has 0 spiro atoms. The van der Waals surface area contributed by atoms with E-state index in [9.17, 15) is 0 Å². The van der Waals surface area contributed by atoms with E-state index >= 15 is 0 Å². The Bertz CT molecular complexity index is 139. The van der Waals surface area contributed by atoms with Crippen molar-refractivity contribution in [2.45, 2.75) is 10.3 Å². The molecule has 0 aromatic carbocycles. The fourth-order valence-corrected chi connectivity index (χ4v) is 6.50. The van der Waals surface area contributed by atoms with E-state index in [0.29, 0.717) is 1.93 Å². The molecule has 0 saturated heterocycles. The Labute approximate surface area is 160 Å². The van der Waals surface area contributed by atoms with Gasteiger partial charge < -0.3 is 0 Å². The SMILES string of the molecule is BrC(Br)C(Br)(Br)C(I)(I)C(I)I. The normalized spacial score (nSPS) is 14.5. The molecule has 0 aromatic heterocycles. The van der Waals surface area contributed by atoms with E-state index in [0.717, 1.165) is 0 Å². The van der Waals surface area contributed by atoms with Crippen molar-refractivity contribution in [2.75, 3.05) is 0 Å². The molecular formula is C4H2Br4I4. The lowest BCUT2D eigenvalue weighted by Crippen LogP contribution is -2.43. The van der Waals surface area contributed by atoms with Crippen LogP contribution in [0.2, 0.25) is 0 Å². The fraction of sp³-hybridized carbons (Fsp3) is 1.00. The molecular weight excluding hydrogens is 875 g/mol. The first-order chi connectivity index (χ1) is 5.14. The van der Waals surface area contributed by atoms with Crippen molar-refractivity contribution < 1.29 is 0 Å². The molecule has 0 aliphatic carbocycles. The van der Waals surface area contributed by atoms with Gasteiger partial charge in [0.05, 0.1) is 5.67 Å². The summed E-state index contributed by atoms with van der Waals surface area (Å²) in [7, 11) is 0. The number of hydrogen-bond acceptors (Lipinski definition) is 0. The third kappa shape index (κ3) is 4.26. The highest BCUT2D eigenvalue weighted by Crippen LogP contribution is 2.59. The molecule has 0 saturated carbocycles. The van der Waals surface area contributed by atoms with Crippen molar-refractivity contribution in [3.05, 3.63) is 0 Å². The molecule has 0 aliphatic rings. The maximum atomic E-state index is 3.67. The van der Waals surface area contributed by atoms with Crippen LogP contribution in [0.1, 0.15) is 0 Å². The molecule has 74 valence electrons. The smallest absolute Gasteiger partial charge is 0.0739 e. The second kappa shape index (κ2) is 6.69. The zero-order valence-corrected chi connectivity index (χ0v) is 20.2. The Morgan fingerprint density at radius 1 is 1.00 bits per heavy atom. The maximum absolute atomic E-state index is 3.67. The maximum Gasteiger partial charge on any atom is 0.128 e. The van der Waals surface area contributed by atoms with Crippen LogP contribution in [-0.4, -0.2) is 10.3 Å². The highest BCUT2D eigenvalue weighted by molar-refractivity contribution is 14.2. The molecule has 0 unspecified atom stereocenters. The summed E-state index contributed by atoms with van der Waals surface area (Å²) in [6.45, 7) is 0. The predicted molar refractivity (Wildman–Crippen MR) is 105 cm³/mol. The molecule has 0 N–H and O–H groups in total. The fourth-order valence-electron chi connectivity index (χ4n) is 0.291. The standard InChI is InChI=1S/C4H2Br4I4/c5-1(6)3(7,8)4(11,12)2(9)10/h1-2H. The quantitative estimate of drug-likeness (QED) is 0.229. The largest absolute Gasteiger partial charge is 0.128 e. The van der Waals surface area contributed by atoms with Crippen LogP contribution in [0, 0.1) is 0 Å². The summed E-state index contributed by atoms with van der Waals surface area (Å²) in [5, 5.41) is 0. The van der Waals surface area contributed by atoms with Crippen LogP contribution in [0.25, 0.3) is 0 Å². The molecule has 0 aromatic rings. The van der Waals surface area contributed by atoms with Crippen molar-refractivity contribution in [3.8, 4) is 0 Å². The van der Waals surface area contributed by atoms with Gasteiger partial charge in [0, 0.05) is 0 Å². The molecule has 0 radical (unpaired) electrons. The zero-order valence-electron chi connectivity index (χ0n) is 5.18. The van der Waals surface area contributed by atoms with Gasteiger partial charge in [-0.25, -0.2) is 0 Å². The highest BCUT2D eigenvalue weighted by Gasteiger charge is 2.52. The van der Waals surface area contributed by atoms with Crippen LogP contribution < -0.4 is 0 Å². The molecule has 0 bridgehead atoms. The summed E-state index contributed by atoms with van der Waals surface area (Å²) in [5.41, 5.74) is 0. The molecule has 0 nitrogen and oxygen atoms in total. The van der Waals surface area contributed by atoms with Gasteiger partial charge in [-0.1, -0.05) is 154 Å². The first kappa shape index (κ1) is 16.8. The molecule has 12 heavy (non-hydrogen) atoms. The van der Waals surface area contributed by atoms with Crippen LogP contribution in [0.3, 0.4) is 0 Å². The molecule has 0 rings (SSSR count). The van der Waals surface area contributed by atoms with Gasteiger partial charge in [-0.05, 0) is 0 Å². The first-order valence-electron chi connectivity index (χ1n) is 2.46. The van der Waals surface area contributed by atoms with E-state index in [4.69, 9.17) is 0 Å². The molecule has 0 fully saturated rings. The van der Waals surface area contributed by atoms with Gasteiger partial charge in [-0.3, -0.25) is 0 Å². The molecule has 0 aliphatic heterocycles. The minimum atomic E-state index is -0.166. The summed E-state index contributed by atoms with van der Waals surface area (Å²) in [6, 6.07) is 0. The van der Waals surface area contributed by atoms with E-state index in [2.05, 4.69) is 154 Å². The Morgan fingerprint density at radius 3 is 1.42 bits per heavy atom. The van der Waals surface area contributed by atoms with Crippen molar-refractivity contribution >= 4 is 154 Å². The van der Waals surface area contributed by atoms with E-state index in [1.54, 1.807) is 0 Å². The van der Waals surface area contributed by atoms with Crippen LogP contribution in [0.4, 0.5) is 0 Å². The third-order valence-electron chi connectivity index (χ3n) is 0.993. The van der Waals surface area contributed by atoms with Crippen molar-refractivity contribution in [3.63, 3.8) is 0 Å². The average Bonchev–Trinajstić information content (AvgIpc) is 1.86. The monoisotopic (exact) mass is 873 g/mol. The van der Waals surface area contributed by atoms with Crippen LogP contribution >= 0.6 is 154 Å².